The molecule has 2 nitrogen and oxygen atoms in total. The smallest absolute Gasteiger partial charge is 0.330 e. The monoisotopic (exact) mass is 140 g/mol. The predicted molar refractivity (Wildman–Crippen MR) is 40.6 cm³/mol. The van der Waals surface area contributed by atoms with Crippen LogP contribution < -0.4 is 0 Å². The number of carbonyl (C=O) groups is 1. The van der Waals surface area contributed by atoms with Gasteiger partial charge in [0.15, 0.2) is 0 Å². The molecular weight excluding hydrogens is 128 g/mol. The first kappa shape index (κ1) is 8.95. The van der Waals surface area contributed by atoms with Crippen LogP contribution in [0.15, 0.2) is 24.3 Å². The van der Waals surface area contributed by atoms with E-state index < -0.39 is 0 Å². The third-order valence-corrected chi connectivity index (χ3v) is 0.822. The molecular formula is C8H12O2. The van der Waals surface area contributed by atoms with Gasteiger partial charge in [0.05, 0.1) is 6.61 Å². The van der Waals surface area contributed by atoms with Crippen LogP contribution in [0, 0.1) is 0 Å². The third kappa shape index (κ3) is 5.09. The summed E-state index contributed by atoms with van der Waals surface area (Å²) in [5.74, 6) is -0.291. The van der Waals surface area contributed by atoms with E-state index in [0.29, 0.717) is 6.61 Å². The maximum absolute atomic E-state index is 10.6. The van der Waals surface area contributed by atoms with E-state index in [1.165, 1.54) is 6.08 Å². The Morgan fingerprint density at radius 1 is 1.50 bits per heavy atom. The molecule has 0 N–H and O–H groups in total. The summed E-state index contributed by atoms with van der Waals surface area (Å²) in [6.07, 6.45) is 6.66. The number of rotatable bonds is 3. The number of hydrogen-bond donors (Lipinski definition) is 0. The van der Waals surface area contributed by atoms with Crippen LogP contribution in [-0.4, -0.2) is 12.6 Å². The van der Waals surface area contributed by atoms with E-state index in [0.717, 1.165) is 0 Å². The predicted octanol–water partition coefficient (Wildman–Crippen LogP) is 1.68. The Balaban J connectivity index is 3.56. The van der Waals surface area contributed by atoms with E-state index in [4.69, 9.17) is 0 Å². The molecule has 0 amide bonds. The summed E-state index contributed by atoms with van der Waals surface area (Å²) in [7, 11) is 0. The summed E-state index contributed by atoms with van der Waals surface area (Å²) in [6.45, 7) is 4.09. The van der Waals surface area contributed by atoms with Crippen molar-refractivity contribution in [2.45, 2.75) is 13.8 Å². The van der Waals surface area contributed by atoms with Gasteiger partial charge in [0.1, 0.15) is 0 Å². The molecule has 0 rings (SSSR count). The minimum Gasteiger partial charge on any atom is -0.463 e. The van der Waals surface area contributed by atoms with E-state index in [1.807, 2.05) is 13.0 Å². The van der Waals surface area contributed by atoms with Crippen molar-refractivity contribution in [3.8, 4) is 0 Å². The fourth-order valence-corrected chi connectivity index (χ4v) is 0.436. The third-order valence-electron chi connectivity index (χ3n) is 0.822. The van der Waals surface area contributed by atoms with Crippen LogP contribution in [0.5, 0.6) is 0 Å². The molecule has 0 aromatic heterocycles. The van der Waals surface area contributed by atoms with Crippen LogP contribution in [0.25, 0.3) is 0 Å². The Bertz CT molecular complexity index is 145. The van der Waals surface area contributed by atoms with Crippen LogP contribution in [0.1, 0.15) is 13.8 Å². The molecule has 0 aliphatic carbocycles. The lowest BCUT2D eigenvalue weighted by Gasteiger charge is -1.92. The van der Waals surface area contributed by atoms with Gasteiger partial charge in [0.2, 0.25) is 0 Å². The SMILES string of the molecule is C/C=C/C=C\C(=O)OCC. The summed E-state index contributed by atoms with van der Waals surface area (Å²) < 4.78 is 4.63. The lowest BCUT2D eigenvalue weighted by molar-refractivity contribution is -0.137. The number of allylic oxidation sites excluding steroid dienone is 3. The van der Waals surface area contributed by atoms with Crippen LogP contribution in [0.4, 0.5) is 0 Å². The van der Waals surface area contributed by atoms with Gasteiger partial charge in [-0.2, -0.15) is 0 Å². The van der Waals surface area contributed by atoms with E-state index in [2.05, 4.69) is 4.74 Å². The topological polar surface area (TPSA) is 26.3 Å². The Kier molecular flexibility index (Phi) is 5.44. The van der Waals surface area contributed by atoms with Crippen molar-refractivity contribution >= 4 is 5.97 Å². The van der Waals surface area contributed by atoms with E-state index >= 15 is 0 Å². The van der Waals surface area contributed by atoms with Crippen molar-refractivity contribution in [3.63, 3.8) is 0 Å². The van der Waals surface area contributed by atoms with Gasteiger partial charge in [-0.25, -0.2) is 4.79 Å². The fourth-order valence-electron chi connectivity index (χ4n) is 0.436. The molecule has 0 heterocycles. The van der Waals surface area contributed by atoms with Crippen LogP contribution in [0.2, 0.25) is 0 Å². The van der Waals surface area contributed by atoms with E-state index in [1.54, 1.807) is 19.1 Å². The zero-order chi connectivity index (χ0) is 7.82. The normalized spacial score (nSPS) is 11.0. The molecule has 0 radical (unpaired) electrons. The second-order valence-corrected chi connectivity index (χ2v) is 1.64. The van der Waals surface area contributed by atoms with Crippen molar-refractivity contribution in [1.29, 1.82) is 0 Å². The molecule has 0 aromatic carbocycles. The van der Waals surface area contributed by atoms with Gasteiger partial charge in [-0.15, -0.1) is 0 Å². The molecule has 56 valence electrons. The van der Waals surface area contributed by atoms with Crippen molar-refractivity contribution in [2.75, 3.05) is 6.61 Å². The standard InChI is InChI=1S/C8H12O2/c1-3-5-6-7-8(9)10-4-2/h3,5-7H,4H2,1-2H3/b5-3+,7-6-. The van der Waals surface area contributed by atoms with Gasteiger partial charge >= 0.3 is 5.97 Å². The summed E-state index contributed by atoms with van der Waals surface area (Å²) in [5.41, 5.74) is 0. The quantitative estimate of drug-likeness (QED) is 0.338. The lowest BCUT2D eigenvalue weighted by atomic mass is 10.4. The molecule has 2 heteroatoms. The first-order valence-electron chi connectivity index (χ1n) is 3.27. The second kappa shape index (κ2) is 6.08. The van der Waals surface area contributed by atoms with E-state index in [-0.39, 0.29) is 5.97 Å². The highest BCUT2D eigenvalue weighted by atomic mass is 16.5. The molecule has 0 bridgehead atoms. The molecule has 10 heavy (non-hydrogen) atoms. The Morgan fingerprint density at radius 2 is 2.20 bits per heavy atom. The van der Waals surface area contributed by atoms with Crippen molar-refractivity contribution in [1.82, 2.24) is 0 Å². The molecule has 0 saturated carbocycles. The number of esters is 1. The summed E-state index contributed by atoms with van der Waals surface area (Å²) in [6, 6.07) is 0. The molecule has 0 fully saturated rings. The van der Waals surface area contributed by atoms with Crippen molar-refractivity contribution < 1.29 is 9.53 Å². The highest BCUT2D eigenvalue weighted by Gasteiger charge is 1.89. The Hall–Kier alpha value is -1.05. The molecule has 0 aliphatic rings. The average molecular weight is 140 g/mol. The summed E-state index contributed by atoms with van der Waals surface area (Å²) >= 11 is 0. The van der Waals surface area contributed by atoms with Crippen LogP contribution in [-0.2, 0) is 9.53 Å². The zero-order valence-corrected chi connectivity index (χ0v) is 6.33. The maximum Gasteiger partial charge on any atom is 0.330 e. The molecule has 0 atom stereocenters. The van der Waals surface area contributed by atoms with Gasteiger partial charge in [-0.3, -0.25) is 0 Å². The Morgan fingerprint density at radius 3 is 2.70 bits per heavy atom. The van der Waals surface area contributed by atoms with Gasteiger partial charge in [0, 0.05) is 6.08 Å². The first-order valence-corrected chi connectivity index (χ1v) is 3.27. The zero-order valence-electron chi connectivity index (χ0n) is 6.33. The van der Waals surface area contributed by atoms with Gasteiger partial charge in [-0.05, 0) is 13.8 Å². The van der Waals surface area contributed by atoms with Crippen molar-refractivity contribution in [3.05, 3.63) is 24.3 Å². The fraction of sp³-hybridized carbons (Fsp3) is 0.375. The second-order valence-electron chi connectivity index (χ2n) is 1.64. The first-order chi connectivity index (χ1) is 4.81. The average Bonchev–Trinajstić information content (AvgIpc) is 1.89. The largest absolute Gasteiger partial charge is 0.463 e. The summed E-state index contributed by atoms with van der Waals surface area (Å²) in [4.78, 5) is 10.6. The number of carbonyl (C=O) groups excluding carboxylic acids is 1. The van der Waals surface area contributed by atoms with Crippen LogP contribution >= 0.6 is 0 Å². The van der Waals surface area contributed by atoms with Gasteiger partial charge < -0.3 is 4.74 Å². The van der Waals surface area contributed by atoms with Gasteiger partial charge in [-0.1, -0.05) is 18.2 Å². The minimum absolute atomic E-state index is 0.291. The maximum atomic E-state index is 10.6. The number of hydrogen-bond acceptors (Lipinski definition) is 2. The van der Waals surface area contributed by atoms with Crippen molar-refractivity contribution in [2.24, 2.45) is 0 Å². The molecule has 0 unspecified atom stereocenters. The molecule has 0 aromatic rings. The van der Waals surface area contributed by atoms with E-state index in [9.17, 15) is 4.79 Å². The minimum atomic E-state index is -0.291. The highest BCUT2D eigenvalue weighted by molar-refractivity contribution is 5.82. The summed E-state index contributed by atoms with van der Waals surface area (Å²) in [5, 5.41) is 0. The Labute approximate surface area is 61.2 Å². The molecule has 0 spiro atoms. The van der Waals surface area contributed by atoms with Crippen LogP contribution in [0.3, 0.4) is 0 Å². The van der Waals surface area contributed by atoms with Gasteiger partial charge in [0.25, 0.3) is 0 Å². The highest BCUT2D eigenvalue weighted by Crippen LogP contribution is 1.81. The lowest BCUT2D eigenvalue weighted by Crippen LogP contribution is -1.98. The molecule has 0 aliphatic heterocycles. The molecule has 0 saturated heterocycles. The number of ether oxygens (including phenoxy) is 1.